The van der Waals surface area contributed by atoms with E-state index in [4.69, 9.17) is 5.73 Å². The summed E-state index contributed by atoms with van der Waals surface area (Å²) < 4.78 is 10.4. The molecule has 2 aromatic carbocycles. The molecule has 9 heteroatoms. The van der Waals surface area contributed by atoms with Crippen LogP contribution in [0, 0.1) is 0 Å². The van der Waals surface area contributed by atoms with E-state index < -0.39 is 44.7 Å². The molecule has 7 N–H and O–H groups in total. The highest BCUT2D eigenvalue weighted by Gasteiger charge is 2.48. The Morgan fingerprint density at radius 2 is 1.56 bits per heavy atom. The number of rotatable bonds is 11. The van der Waals surface area contributed by atoms with Crippen molar-refractivity contribution in [2.75, 3.05) is 18.6 Å². The number of primary amides is 1. The summed E-state index contributed by atoms with van der Waals surface area (Å²) in [7, 11) is -2.19. The van der Waals surface area contributed by atoms with Gasteiger partial charge in [0.1, 0.15) is 11.0 Å². The number of hydrogen-bond donors (Lipinski definition) is 6. The molecule has 1 fully saturated rings. The number of nitrogens with two attached hydrogens (primary N) is 1. The van der Waals surface area contributed by atoms with Gasteiger partial charge in [0.05, 0.1) is 6.10 Å². The van der Waals surface area contributed by atoms with Gasteiger partial charge < -0.3 is 31.1 Å². The predicted octanol–water partition coefficient (Wildman–Crippen LogP) is 3.80. The average molecular weight is 560 g/mol. The molecule has 2 aromatic rings. The molecular formula is C30H45N3O5S. The minimum atomic E-state index is -2.19. The number of benzene rings is 2. The molecule has 0 aromatic heterocycles. The highest BCUT2D eigenvalue weighted by atomic mass is 32.3. The smallest absolute Gasteiger partial charge is 0.315 e. The first kappa shape index (κ1) is 30.9. The fourth-order valence-corrected chi connectivity index (χ4v) is 6.81. The molecule has 39 heavy (non-hydrogen) atoms. The van der Waals surface area contributed by atoms with E-state index >= 15 is 0 Å². The quantitative estimate of drug-likeness (QED) is 0.232. The summed E-state index contributed by atoms with van der Waals surface area (Å²) in [6, 6.07) is 16.5. The van der Waals surface area contributed by atoms with Crippen molar-refractivity contribution in [2.45, 2.75) is 81.8 Å². The Balaban J connectivity index is 1.41. The van der Waals surface area contributed by atoms with Gasteiger partial charge >= 0.3 is 6.03 Å². The number of unbranched alkanes of at least 4 members (excludes halogenated alkanes) is 2. The molecule has 0 saturated carbocycles. The van der Waals surface area contributed by atoms with Crippen molar-refractivity contribution < 1.29 is 24.4 Å². The highest BCUT2D eigenvalue weighted by Crippen LogP contribution is 2.55. The van der Waals surface area contributed by atoms with E-state index in [2.05, 4.69) is 47.0 Å². The van der Waals surface area contributed by atoms with Gasteiger partial charge in [-0.1, -0.05) is 61.9 Å². The first-order chi connectivity index (χ1) is 18.2. The second-order valence-corrected chi connectivity index (χ2v) is 14.8. The Labute approximate surface area is 233 Å². The lowest BCUT2D eigenvalue weighted by Gasteiger charge is -2.50. The maximum absolute atomic E-state index is 11.9. The topological polar surface area (TPSA) is 145 Å². The summed E-state index contributed by atoms with van der Waals surface area (Å²) in [5, 5.41) is 26.5. The Morgan fingerprint density at radius 1 is 1.00 bits per heavy atom. The molecule has 8 nitrogen and oxygen atoms in total. The third kappa shape index (κ3) is 7.97. The van der Waals surface area contributed by atoms with E-state index in [0.29, 0.717) is 18.7 Å². The second kappa shape index (κ2) is 12.7. The summed E-state index contributed by atoms with van der Waals surface area (Å²) in [5.41, 5.74) is 7.16. The van der Waals surface area contributed by atoms with E-state index in [1.165, 1.54) is 16.7 Å². The van der Waals surface area contributed by atoms with Crippen LogP contribution in [0.1, 0.15) is 68.7 Å². The van der Waals surface area contributed by atoms with Crippen molar-refractivity contribution in [1.29, 1.82) is 0 Å². The molecule has 0 spiro atoms. The lowest BCUT2D eigenvalue weighted by Crippen LogP contribution is -2.55. The highest BCUT2D eigenvalue weighted by molar-refractivity contribution is 8.29. The summed E-state index contributed by atoms with van der Waals surface area (Å²) in [5.74, 6) is -0.0637. The van der Waals surface area contributed by atoms with Crippen LogP contribution in [-0.2, 0) is 23.1 Å². The van der Waals surface area contributed by atoms with Crippen LogP contribution in [-0.4, -0.2) is 62.3 Å². The van der Waals surface area contributed by atoms with Crippen LogP contribution in [0.4, 0.5) is 4.79 Å². The SMILES string of the molecule is CC(C)(NC(=O)NCCCCCc1ccc(Cc2ccc([C@]3(C)CCS(C)(O)[C@@H](O)[C@@H]3O)cc2)cc1)C(N)=O. The first-order valence-corrected chi connectivity index (χ1v) is 15.8. The van der Waals surface area contributed by atoms with E-state index in [0.717, 1.165) is 37.7 Å². The summed E-state index contributed by atoms with van der Waals surface area (Å²) >= 11 is 0. The Bertz CT molecular complexity index is 1120. The van der Waals surface area contributed by atoms with Crippen LogP contribution in [0.15, 0.2) is 48.5 Å². The third-order valence-corrected chi connectivity index (χ3v) is 10.3. The molecule has 1 unspecified atom stereocenters. The Morgan fingerprint density at radius 3 is 2.15 bits per heavy atom. The number of urea groups is 1. The standard InChI is InChI=1S/C30H45N3O5S/c1-29(2,27(31)36)33-28(37)32-18-7-5-6-8-21-9-11-22(12-10-21)20-23-13-15-24(16-14-23)30(3)17-19-39(4,38)26(35)25(30)34/h9-16,25-26,34-35,38H,5-8,17-20H2,1-4H3,(H2,31,36)(H2,32,33,37)/t25-,26+,30-/m0/s1. The largest absolute Gasteiger partial charge is 0.389 e. The zero-order valence-electron chi connectivity index (χ0n) is 23.6. The Kier molecular flexibility index (Phi) is 10.1. The molecule has 216 valence electrons. The molecule has 3 amide bonds. The molecule has 1 saturated heterocycles. The van der Waals surface area contributed by atoms with Crippen molar-refractivity contribution in [3.63, 3.8) is 0 Å². The van der Waals surface area contributed by atoms with Gasteiger partial charge in [-0.2, -0.15) is 0 Å². The molecule has 4 atom stereocenters. The number of nitrogens with one attached hydrogen (secondary N) is 2. The van der Waals surface area contributed by atoms with Gasteiger partial charge in [-0.3, -0.25) is 4.79 Å². The molecule has 0 radical (unpaired) electrons. The van der Waals surface area contributed by atoms with Crippen molar-refractivity contribution in [2.24, 2.45) is 5.73 Å². The number of hydrogen-bond acceptors (Lipinski definition) is 5. The number of amides is 3. The lowest BCUT2D eigenvalue weighted by molar-refractivity contribution is -0.122. The van der Waals surface area contributed by atoms with E-state index in [9.17, 15) is 24.4 Å². The zero-order chi connectivity index (χ0) is 28.8. The van der Waals surface area contributed by atoms with Crippen molar-refractivity contribution in [3.05, 3.63) is 70.8 Å². The number of aryl methyl sites for hydroxylation is 1. The molecule has 1 heterocycles. The molecule has 0 bridgehead atoms. The van der Waals surface area contributed by atoms with Crippen LogP contribution in [0.2, 0.25) is 0 Å². The molecule has 3 rings (SSSR count). The van der Waals surface area contributed by atoms with Crippen LogP contribution >= 0.6 is 10.3 Å². The van der Waals surface area contributed by atoms with Gasteiger partial charge in [-0.05, 0) is 74.5 Å². The maximum atomic E-state index is 11.9. The van der Waals surface area contributed by atoms with E-state index in [-0.39, 0.29) is 0 Å². The van der Waals surface area contributed by atoms with Crippen molar-refractivity contribution >= 4 is 22.2 Å². The summed E-state index contributed by atoms with van der Waals surface area (Å²) in [6.45, 7) is 5.64. The van der Waals surface area contributed by atoms with Gasteiger partial charge in [0.25, 0.3) is 0 Å². The van der Waals surface area contributed by atoms with Gasteiger partial charge in [0.2, 0.25) is 5.91 Å². The number of aliphatic hydroxyl groups is 2. The van der Waals surface area contributed by atoms with Crippen LogP contribution < -0.4 is 16.4 Å². The third-order valence-electron chi connectivity index (χ3n) is 7.99. The van der Waals surface area contributed by atoms with E-state index in [1.54, 1.807) is 20.1 Å². The summed E-state index contributed by atoms with van der Waals surface area (Å²) in [4.78, 5) is 23.2. The van der Waals surface area contributed by atoms with Gasteiger partial charge in [-0.25, -0.2) is 4.79 Å². The fourth-order valence-electron chi connectivity index (χ4n) is 4.88. The van der Waals surface area contributed by atoms with Gasteiger partial charge in [0.15, 0.2) is 0 Å². The molecule has 1 aliphatic heterocycles. The normalized spacial score (nSPS) is 26.8. The van der Waals surface area contributed by atoms with Crippen molar-refractivity contribution in [3.8, 4) is 0 Å². The zero-order valence-corrected chi connectivity index (χ0v) is 24.4. The van der Waals surface area contributed by atoms with Crippen LogP contribution in [0.5, 0.6) is 0 Å². The summed E-state index contributed by atoms with van der Waals surface area (Å²) in [6.07, 6.45) is 5.94. The molecular weight excluding hydrogens is 514 g/mol. The van der Waals surface area contributed by atoms with Crippen LogP contribution in [0.3, 0.4) is 0 Å². The lowest BCUT2D eigenvalue weighted by atomic mass is 9.74. The average Bonchev–Trinajstić information content (AvgIpc) is 2.88. The van der Waals surface area contributed by atoms with Gasteiger partial charge in [-0.15, -0.1) is 10.3 Å². The fraction of sp³-hybridized carbons (Fsp3) is 0.533. The first-order valence-electron chi connectivity index (χ1n) is 13.6. The Hall–Kier alpha value is -2.59. The van der Waals surface area contributed by atoms with Crippen LogP contribution in [0.25, 0.3) is 0 Å². The molecule has 1 aliphatic rings. The minimum Gasteiger partial charge on any atom is -0.389 e. The second-order valence-electron chi connectivity index (χ2n) is 11.7. The monoisotopic (exact) mass is 559 g/mol. The number of carbonyl (C=O) groups excluding carboxylic acids is 2. The minimum absolute atomic E-state index is 0.390. The van der Waals surface area contributed by atoms with E-state index in [1.807, 2.05) is 19.1 Å². The molecule has 0 aliphatic carbocycles. The maximum Gasteiger partial charge on any atom is 0.315 e. The number of aliphatic hydroxyl groups excluding tert-OH is 2. The predicted molar refractivity (Wildman–Crippen MR) is 158 cm³/mol. The number of carbonyl (C=O) groups is 2. The van der Waals surface area contributed by atoms with Crippen molar-refractivity contribution in [1.82, 2.24) is 10.6 Å². The van der Waals surface area contributed by atoms with Gasteiger partial charge in [0, 0.05) is 17.7 Å².